The van der Waals surface area contributed by atoms with Crippen molar-refractivity contribution in [2.45, 2.75) is 6.18 Å². The van der Waals surface area contributed by atoms with E-state index < -0.39 is 17.6 Å². The smallest absolute Gasteiger partial charge is 0.416 e. The van der Waals surface area contributed by atoms with E-state index in [2.05, 4.69) is 5.32 Å². The molecular formula is C28H27F3N2O7. The third kappa shape index (κ3) is 7.14. The van der Waals surface area contributed by atoms with Crippen LogP contribution in [0.15, 0.2) is 60.7 Å². The molecule has 0 atom stereocenters. The molecule has 3 aromatic carbocycles. The molecule has 3 aromatic rings. The van der Waals surface area contributed by atoms with E-state index in [0.717, 1.165) is 18.2 Å². The number of amides is 2. The van der Waals surface area contributed by atoms with Gasteiger partial charge in [-0.1, -0.05) is 6.07 Å². The summed E-state index contributed by atoms with van der Waals surface area (Å²) in [5.41, 5.74) is -1.08. The zero-order valence-electron chi connectivity index (χ0n) is 21.7. The third-order valence-corrected chi connectivity index (χ3v) is 5.96. The molecule has 0 bridgehead atoms. The normalized spacial score (nSPS) is 13.4. The van der Waals surface area contributed by atoms with Crippen LogP contribution in [0.2, 0.25) is 0 Å². The Morgan fingerprint density at radius 2 is 1.62 bits per heavy atom. The number of benzene rings is 3. The van der Waals surface area contributed by atoms with Gasteiger partial charge < -0.3 is 33.9 Å². The molecule has 0 unspecified atom stereocenters. The molecule has 9 nitrogen and oxygen atoms in total. The van der Waals surface area contributed by atoms with Crippen molar-refractivity contribution in [3.63, 3.8) is 0 Å². The largest absolute Gasteiger partial charge is 0.497 e. The maximum absolute atomic E-state index is 13.4. The number of halogens is 3. The summed E-state index contributed by atoms with van der Waals surface area (Å²) in [6.07, 6.45) is -4.64. The van der Waals surface area contributed by atoms with E-state index in [1.54, 1.807) is 29.2 Å². The van der Waals surface area contributed by atoms with Crippen LogP contribution in [-0.2, 0) is 15.7 Å². The summed E-state index contributed by atoms with van der Waals surface area (Å²) < 4.78 is 67.4. The average Bonchev–Trinajstić information content (AvgIpc) is 2.96. The Balaban J connectivity index is 1.53. The van der Waals surface area contributed by atoms with Gasteiger partial charge in [0, 0.05) is 24.7 Å². The Hall–Kier alpha value is -4.45. The summed E-state index contributed by atoms with van der Waals surface area (Å²) in [5, 5.41) is 2.49. The minimum atomic E-state index is -4.64. The molecule has 1 saturated heterocycles. The van der Waals surface area contributed by atoms with Crippen molar-refractivity contribution in [2.75, 3.05) is 52.4 Å². The number of carbonyl (C=O) groups excluding carboxylic acids is 2. The molecule has 0 aliphatic carbocycles. The fraction of sp³-hybridized carbons (Fsp3) is 0.286. The Morgan fingerprint density at radius 1 is 0.900 bits per heavy atom. The molecule has 4 rings (SSSR count). The Bertz CT molecular complexity index is 1360. The lowest BCUT2D eigenvalue weighted by atomic mass is 10.1. The lowest BCUT2D eigenvalue weighted by Crippen LogP contribution is -2.43. The van der Waals surface area contributed by atoms with Crippen LogP contribution in [0.1, 0.15) is 15.9 Å². The van der Waals surface area contributed by atoms with E-state index in [-0.39, 0.29) is 41.0 Å². The molecule has 2 amide bonds. The van der Waals surface area contributed by atoms with E-state index in [9.17, 15) is 22.8 Å². The van der Waals surface area contributed by atoms with Crippen LogP contribution in [0.25, 0.3) is 0 Å². The fourth-order valence-electron chi connectivity index (χ4n) is 3.85. The van der Waals surface area contributed by atoms with E-state index >= 15 is 0 Å². The van der Waals surface area contributed by atoms with Crippen LogP contribution in [0.5, 0.6) is 28.7 Å². The first-order valence-corrected chi connectivity index (χ1v) is 12.2. The highest BCUT2D eigenvalue weighted by molar-refractivity contribution is 6.05. The molecule has 0 radical (unpaired) electrons. The van der Waals surface area contributed by atoms with Crippen LogP contribution in [0.3, 0.4) is 0 Å². The van der Waals surface area contributed by atoms with Crippen LogP contribution in [0, 0.1) is 0 Å². The second-order valence-corrected chi connectivity index (χ2v) is 8.59. The van der Waals surface area contributed by atoms with Crippen molar-refractivity contribution in [1.82, 2.24) is 4.90 Å². The number of hydrogen-bond acceptors (Lipinski definition) is 7. The monoisotopic (exact) mass is 560 g/mol. The second kappa shape index (κ2) is 12.6. The molecule has 1 aliphatic heterocycles. The fourth-order valence-corrected chi connectivity index (χ4v) is 3.85. The van der Waals surface area contributed by atoms with E-state index in [0.29, 0.717) is 37.8 Å². The predicted molar refractivity (Wildman–Crippen MR) is 138 cm³/mol. The Kier molecular flexibility index (Phi) is 9.00. The van der Waals surface area contributed by atoms with Gasteiger partial charge in [0.1, 0.15) is 11.5 Å². The number of anilines is 1. The topological polar surface area (TPSA) is 95.6 Å². The zero-order chi connectivity index (χ0) is 28.7. The lowest BCUT2D eigenvalue weighted by Gasteiger charge is -2.26. The van der Waals surface area contributed by atoms with Crippen LogP contribution in [-0.4, -0.2) is 63.8 Å². The van der Waals surface area contributed by atoms with Gasteiger partial charge in [-0.15, -0.1) is 0 Å². The van der Waals surface area contributed by atoms with Crippen molar-refractivity contribution in [2.24, 2.45) is 0 Å². The summed E-state index contributed by atoms with van der Waals surface area (Å²) in [7, 11) is 2.83. The van der Waals surface area contributed by atoms with Gasteiger partial charge in [-0.25, -0.2) is 0 Å². The van der Waals surface area contributed by atoms with Gasteiger partial charge in [0.05, 0.1) is 38.7 Å². The minimum Gasteiger partial charge on any atom is -0.497 e. The number of nitrogens with zero attached hydrogens (tertiary/aromatic N) is 1. The predicted octanol–water partition coefficient (Wildman–Crippen LogP) is 5.00. The molecule has 1 aliphatic rings. The molecule has 1 heterocycles. The SMILES string of the molecule is COc1cccc(Oc2ccc(C(F)(F)F)cc2NC(=O)c2ccc(OCC(=O)N3CCOCC3)c(OC)c2)c1. The third-order valence-electron chi connectivity index (χ3n) is 5.96. The molecule has 1 fully saturated rings. The summed E-state index contributed by atoms with van der Waals surface area (Å²) in [4.78, 5) is 27.1. The first kappa shape index (κ1) is 28.6. The first-order valence-electron chi connectivity index (χ1n) is 12.2. The van der Waals surface area contributed by atoms with Crippen molar-refractivity contribution < 1.29 is 46.4 Å². The zero-order valence-corrected chi connectivity index (χ0v) is 21.7. The van der Waals surface area contributed by atoms with Gasteiger partial charge >= 0.3 is 6.18 Å². The van der Waals surface area contributed by atoms with Crippen molar-refractivity contribution in [3.8, 4) is 28.7 Å². The first-order chi connectivity index (χ1) is 19.2. The van der Waals surface area contributed by atoms with Gasteiger partial charge in [-0.05, 0) is 48.5 Å². The molecule has 0 saturated carbocycles. The number of rotatable bonds is 9. The number of alkyl halides is 3. The van der Waals surface area contributed by atoms with Crippen LogP contribution >= 0.6 is 0 Å². The van der Waals surface area contributed by atoms with Crippen LogP contribution < -0.4 is 24.3 Å². The van der Waals surface area contributed by atoms with Crippen LogP contribution in [0.4, 0.5) is 18.9 Å². The van der Waals surface area contributed by atoms with E-state index in [1.165, 1.54) is 32.4 Å². The average molecular weight is 561 g/mol. The molecule has 0 aromatic heterocycles. The molecule has 12 heteroatoms. The Morgan fingerprint density at radius 3 is 2.33 bits per heavy atom. The number of nitrogens with one attached hydrogen (secondary N) is 1. The number of ether oxygens (including phenoxy) is 5. The highest BCUT2D eigenvalue weighted by Crippen LogP contribution is 2.38. The Labute approximate surface area is 228 Å². The maximum Gasteiger partial charge on any atom is 0.416 e. The van der Waals surface area contributed by atoms with Gasteiger partial charge in [0.15, 0.2) is 23.9 Å². The molecule has 40 heavy (non-hydrogen) atoms. The van der Waals surface area contributed by atoms with Crippen molar-refractivity contribution in [3.05, 3.63) is 71.8 Å². The summed E-state index contributed by atoms with van der Waals surface area (Å²) in [5.74, 6) is 0.217. The number of methoxy groups -OCH3 is 2. The standard InChI is InChI=1S/C28H27F3N2O7/c1-36-20-4-3-5-21(16-20)40-23-9-7-19(28(29,30)31)15-22(23)32-27(35)18-6-8-24(25(14-18)37-2)39-17-26(34)33-10-12-38-13-11-33/h3-9,14-16H,10-13,17H2,1-2H3,(H,32,35). The van der Waals surface area contributed by atoms with Crippen molar-refractivity contribution in [1.29, 1.82) is 0 Å². The maximum atomic E-state index is 13.4. The summed E-state index contributed by atoms with van der Waals surface area (Å²) in [6.45, 7) is 1.61. The van der Waals surface area contributed by atoms with E-state index in [4.69, 9.17) is 23.7 Å². The molecule has 0 spiro atoms. The van der Waals surface area contributed by atoms with Crippen molar-refractivity contribution >= 4 is 17.5 Å². The highest BCUT2D eigenvalue weighted by atomic mass is 19.4. The summed E-state index contributed by atoms with van der Waals surface area (Å²) >= 11 is 0. The second-order valence-electron chi connectivity index (χ2n) is 8.59. The minimum absolute atomic E-state index is 0.0110. The summed E-state index contributed by atoms with van der Waals surface area (Å²) in [6, 6.07) is 13.5. The number of morpholine rings is 1. The lowest BCUT2D eigenvalue weighted by molar-refractivity contribution is -0.138. The van der Waals surface area contributed by atoms with Gasteiger partial charge in [0.25, 0.3) is 11.8 Å². The number of carbonyl (C=O) groups is 2. The molecule has 1 N–H and O–H groups in total. The quantitative estimate of drug-likeness (QED) is 0.393. The molecular weight excluding hydrogens is 533 g/mol. The molecule has 212 valence electrons. The van der Waals surface area contributed by atoms with Gasteiger partial charge in [-0.2, -0.15) is 13.2 Å². The van der Waals surface area contributed by atoms with Gasteiger partial charge in [-0.3, -0.25) is 9.59 Å². The number of hydrogen-bond donors (Lipinski definition) is 1. The van der Waals surface area contributed by atoms with E-state index in [1.807, 2.05) is 0 Å². The highest BCUT2D eigenvalue weighted by Gasteiger charge is 2.31. The van der Waals surface area contributed by atoms with Gasteiger partial charge in [0.2, 0.25) is 0 Å².